The van der Waals surface area contributed by atoms with Gasteiger partial charge in [-0.25, -0.2) is 0 Å². The molecule has 0 heterocycles. The molecule has 0 amide bonds. The van der Waals surface area contributed by atoms with Crippen LogP contribution >= 0.6 is 0 Å². The van der Waals surface area contributed by atoms with E-state index in [1.165, 1.54) is 5.56 Å². The fourth-order valence-electron chi connectivity index (χ4n) is 2.33. The van der Waals surface area contributed by atoms with Gasteiger partial charge in [-0.15, -0.1) is 5.92 Å². The van der Waals surface area contributed by atoms with Crippen LogP contribution in [0.1, 0.15) is 37.4 Å². The van der Waals surface area contributed by atoms with Crippen molar-refractivity contribution in [2.24, 2.45) is 0 Å². The van der Waals surface area contributed by atoms with Crippen LogP contribution in [0, 0.1) is 18.8 Å². The molecule has 3 nitrogen and oxygen atoms in total. The van der Waals surface area contributed by atoms with Crippen molar-refractivity contribution in [1.82, 2.24) is 0 Å². The van der Waals surface area contributed by atoms with Gasteiger partial charge in [0.1, 0.15) is 12.4 Å². The standard InChI is InChI=1S/C20H20O3.Na.H/c1-3-6-17(13-20(21)22)16-9-11-19(12-10-16)23-14-18-8-5-4-7-15(18)2;;/h4-5,7-12,17H,13-14H2,1-2H3,(H,21,22);;/q;+1;-1/t17-;;/m0../s1. The van der Waals surface area contributed by atoms with E-state index >= 15 is 0 Å². The van der Waals surface area contributed by atoms with Crippen molar-refractivity contribution < 1.29 is 45.6 Å². The van der Waals surface area contributed by atoms with Crippen LogP contribution in [0.3, 0.4) is 0 Å². The van der Waals surface area contributed by atoms with Gasteiger partial charge in [0.2, 0.25) is 0 Å². The van der Waals surface area contributed by atoms with Gasteiger partial charge in [-0.1, -0.05) is 42.3 Å². The third-order valence-corrected chi connectivity index (χ3v) is 3.64. The first-order chi connectivity index (χ1) is 11.1. The smallest absolute Gasteiger partial charge is 1.00 e. The first kappa shape index (κ1) is 20.3. The van der Waals surface area contributed by atoms with Crippen molar-refractivity contribution in [3.63, 3.8) is 0 Å². The van der Waals surface area contributed by atoms with Crippen LogP contribution in [0.2, 0.25) is 0 Å². The molecule has 24 heavy (non-hydrogen) atoms. The van der Waals surface area contributed by atoms with Gasteiger partial charge in [-0.2, -0.15) is 0 Å². The number of aliphatic carboxylic acids is 1. The second-order valence-electron chi connectivity index (χ2n) is 5.33. The van der Waals surface area contributed by atoms with Crippen LogP contribution in [-0.2, 0) is 11.4 Å². The predicted octanol–water partition coefficient (Wildman–Crippen LogP) is 1.27. The minimum Gasteiger partial charge on any atom is -1.00 e. The largest absolute Gasteiger partial charge is 1.00 e. The number of carboxylic acids is 1. The molecule has 1 N–H and O–H groups in total. The Bertz CT molecular complexity index is 733. The van der Waals surface area contributed by atoms with E-state index in [1.807, 2.05) is 42.5 Å². The summed E-state index contributed by atoms with van der Waals surface area (Å²) < 4.78 is 5.80. The van der Waals surface area contributed by atoms with E-state index in [0.29, 0.717) is 6.61 Å². The van der Waals surface area contributed by atoms with Gasteiger partial charge in [-0.3, -0.25) is 4.79 Å². The molecule has 0 radical (unpaired) electrons. The second kappa shape index (κ2) is 10.2. The van der Waals surface area contributed by atoms with Crippen LogP contribution in [0.4, 0.5) is 0 Å². The van der Waals surface area contributed by atoms with E-state index in [-0.39, 0.29) is 43.3 Å². The SMILES string of the molecule is CC#C[C@@H](CC(=O)O)c1ccc(OCc2ccccc2C)cc1.[H-].[Na+]. The number of carbonyl (C=O) groups is 1. The van der Waals surface area contributed by atoms with Gasteiger partial charge in [0.05, 0.1) is 12.3 Å². The first-order valence-corrected chi connectivity index (χ1v) is 7.51. The molecule has 2 aromatic rings. The van der Waals surface area contributed by atoms with Crippen LogP contribution < -0.4 is 34.3 Å². The van der Waals surface area contributed by atoms with Crippen molar-refractivity contribution in [3.05, 3.63) is 65.2 Å². The zero-order valence-electron chi connectivity index (χ0n) is 15.4. The summed E-state index contributed by atoms with van der Waals surface area (Å²) in [5, 5.41) is 8.97. The normalized spacial score (nSPS) is 10.8. The van der Waals surface area contributed by atoms with Crippen LogP contribution in [0.15, 0.2) is 48.5 Å². The maximum atomic E-state index is 10.9. The molecule has 0 bridgehead atoms. The Labute approximate surface area is 166 Å². The molecule has 0 unspecified atom stereocenters. The first-order valence-electron chi connectivity index (χ1n) is 7.51. The van der Waals surface area contributed by atoms with Gasteiger partial charge in [0.15, 0.2) is 0 Å². The molecule has 2 aromatic carbocycles. The third kappa shape index (κ3) is 6.05. The summed E-state index contributed by atoms with van der Waals surface area (Å²) in [6, 6.07) is 15.6. The van der Waals surface area contributed by atoms with Crippen LogP contribution in [0.5, 0.6) is 5.75 Å². The van der Waals surface area contributed by atoms with Crippen LogP contribution in [-0.4, -0.2) is 11.1 Å². The number of benzene rings is 2. The Balaban J connectivity index is 0.00000288. The predicted molar refractivity (Wildman–Crippen MR) is 91.5 cm³/mol. The summed E-state index contributed by atoms with van der Waals surface area (Å²) in [6.45, 7) is 4.29. The number of ether oxygens (including phenoxy) is 1. The fourth-order valence-corrected chi connectivity index (χ4v) is 2.33. The summed E-state index contributed by atoms with van der Waals surface area (Å²) in [5.74, 6) is 5.36. The van der Waals surface area contributed by atoms with E-state index in [9.17, 15) is 4.79 Å². The molecule has 120 valence electrons. The van der Waals surface area contributed by atoms with Gasteiger partial charge in [0.25, 0.3) is 0 Å². The molecule has 0 fully saturated rings. The zero-order valence-corrected chi connectivity index (χ0v) is 16.4. The molecule has 2 rings (SSSR count). The number of rotatable bonds is 6. The number of carboxylic acid groups (broad SMARTS) is 1. The molecule has 0 aliphatic rings. The second-order valence-corrected chi connectivity index (χ2v) is 5.33. The topological polar surface area (TPSA) is 46.5 Å². The van der Waals surface area contributed by atoms with E-state index < -0.39 is 5.97 Å². The molecular formula is C20H21NaO3. The molecule has 0 saturated carbocycles. The number of aryl methyl sites for hydroxylation is 1. The minimum atomic E-state index is -0.849. The van der Waals surface area contributed by atoms with Crippen LogP contribution in [0.25, 0.3) is 0 Å². The van der Waals surface area contributed by atoms with Crippen molar-refractivity contribution in [3.8, 4) is 17.6 Å². The van der Waals surface area contributed by atoms with E-state index in [1.54, 1.807) is 6.92 Å². The summed E-state index contributed by atoms with van der Waals surface area (Å²) in [5.41, 5.74) is 3.24. The molecule has 0 spiro atoms. The van der Waals surface area contributed by atoms with E-state index in [0.717, 1.165) is 16.9 Å². The monoisotopic (exact) mass is 332 g/mol. The Morgan fingerprint density at radius 2 is 1.88 bits per heavy atom. The molecular weight excluding hydrogens is 311 g/mol. The average molecular weight is 332 g/mol. The van der Waals surface area contributed by atoms with Gasteiger partial charge < -0.3 is 11.3 Å². The van der Waals surface area contributed by atoms with Crippen molar-refractivity contribution >= 4 is 5.97 Å². The quantitative estimate of drug-likeness (QED) is 0.640. The molecule has 1 atom stereocenters. The average Bonchev–Trinajstić information content (AvgIpc) is 2.54. The van der Waals surface area contributed by atoms with Gasteiger partial charge in [-0.05, 0) is 42.7 Å². The number of hydrogen-bond acceptors (Lipinski definition) is 2. The summed E-state index contributed by atoms with van der Waals surface area (Å²) >= 11 is 0. The minimum absolute atomic E-state index is 0. The fraction of sp³-hybridized carbons (Fsp3) is 0.250. The molecule has 0 aliphatic heterocycles. The Morgan fingerprint density at radius 1 is 1.21 bits per heavy atom. The molecule has 0 aromatic heterocycles. The van der Waals surface area contributed by atoms with E-state index in [2.05, 4.69) is 24.8 Å². The van der Waals surface area contributed by atoms with Crippen molar-refractivity contribution in [2.45, 2.75) is 32.8 Å². The summed E-state index contributed by atoms with van der Waals surface area (Å²) in [4.78, 5) is 10.9. The Kier molecular flexibility index (Phi) is 8.63. The molecule has 0 saturated heterocycles. The Hall–Kier alpha value is -1.73. The summed E-state index contributed by atoms with van der Waals surface area (Å²) in [6.07, 6.45) is 0.00422. The van der Waals surface area contributed by atoms with Crippen molar-refractivity contribution in [1.29, 1.82) is 0 Å². The zero-order chi connectivity index (χ0) is 16.7. The Morgan fingerprint density at radius 3 is 2.46 bits per heavy atom. The third-order valence-electron chi connectivity index (χ3n) is 3.64. The van der Waals surface area contributed by atoms with Gasteiger partial charge >= 0.3 is 35.5 Å². The molecule has 0 aliphatic carbocycles. The van der Waals surface area contributed by atoms with E-state index in [4.69, 9.17) is 9.84 Å². The van der Waals surface area contributed by atoms with Crippen molar-refractivity contribution in [2.75, 3.05) is 0 Å². The molecule has 4 heteroatoms. The maximum Gasteiger partial charge on any atom is 1.00 e. The number of hydrogen-bond donors (Lipinski definition) is 1. The maximum absolute atomic E-state index is 10.9. The summed E-state index contributed by atoms with van der Waals surface area (Å²) in [7, 11) is 0. The van der Waals surface area contributed by atoms with Gasteiger partial charge in [0, 0.05) is 0 Å².